The summed E-state index contributed by atoms with van der Waals surface area (Å²) in [6, 6.07) is 1.74. The predicted molar refractivity (Wildman–Crippen MR) is 66.4 cm³/mol. The molecular weight excluding hydrogens is 232 g/mol. The van der Waals surface area contributed by atoms with Gasteiger partial charge in [-0.05, 0) is 51.9 Å². The van der Waals surface area contributed by atoms with Gasteiger partial charge in [-0.3, -0.25) is 4.79 Å². The maximum absolute atomic E-state index is 11.7. The fourth-order valence-electron chi connectivity index (χ4n) is 1.87. The maximum atomic E-state index is 11.7. The van der Waals surface area contributed by atoms with Gasteiger partial charge >= 0.3 is 5.97 Å². The molecule has 0 aliphatic carbocycles. The summed E-state index contributed by atoms with van der Waals surface area (Å²) >= 11 is 0. The largest absolute Gasteiger partial charge is 0.404 e. The second-order valence-corrected chi connectivity index (χ2v) is 5.73. The molecule has 18 heavy (non-hydrogen) atoms. The van der Waals surface area contributed by atoms with Crippen molar-refractivity contribution in [3.8, 4) is 5.88 Å². The van der Waals surface area contributed by atoms with Gasteiger partial charge in [0.05, 0.1) is 5.41 Å². The van der Waals surface area contributed by atoms with E-state index in [9.17, 15) is 4.79 Å². The zero-order chi connectivity index (χ0) is 13.2. The molecule has 0 atom stereocenters. The van der Waals surface area contributed by atoms with Gasteiger partial charge in [-0.15, -0.1) is 0 Å². The molecule has 5 heteroatoms. The molecule has 0 bridgehead atoms. The van der Waals surface area contributed by atoms with Crippen LogP contribution in [0.1, 0.15) is 45.3 Å². The Morgan fingerprint density at radius 2 is 2.11 bits per heavy atom. The first-order valence-corrected chi connectivity index (χ1v) is 6.36. The van der Waals surface area contributed by atoms with E-state index in [1.165, 1.54) is 0 Å². The van der Waals surface area contributed by atoms with E-state index >= 15 is 0 Å². The topological polar surface area (TPSA) is 64.4 Å². The molecule has 0 spiro atoms. The van der Waals surface area contributed by atoms with Crippen LogP contribution in [0.15, 0.2) is 10.6 Å². The molecule has 1 saturated heterocycles. The quantitative estimate of drug-likeness (QED) is 0.816. The molecule has 1 aliphatic rings. The van der Waals surface area contributed by atoms with Gasteiger partial charge in [-0.25, -0.2) is 0 Å². The standard InChI is InChI=1S/C13H20N2O3/c1-13(2,3)12(16)17-11-8-10(18-15-11)9-4-6-14-7-5-9/h8-9,14H,4-7H2,1-3H3. The minimum absolute atomic E-state index is 0.267. The molecule has 100 valence electrons. The minimum atomic E-state index is -0.534. The number of carbonyl (C=O) groups excluding carboxylic acids is 1. The molecule has 0 unspecified atom stereocenters. The van der Waals surface area contributed by atoms with Crippen LogP contribution in [-0.2, 0) is 4.79 Å². The highest BCUT2D eigenvalue weighted by atomic mass is 16.6. The lowest BCUT2D eigenvalue weighted by atomic mass is 9.95. The summed E-state index contributed by atoms with van der Waals surface area (Å²) in [5.74, 6) is 1.16. The van der Waals surface area contributed by atoms with Gasteiger partial charge in [0, 0.05) is 12.0 Å². The van der Waals surface area contributed by atoms with Crippen molar-refractivity contribution in [1.82, 2.24) is 10.5 Å². The Morgan fingerprint density at radius 3 is 2.72 bits per heavy atom. The summed E-state index contributed by atoms with van der Waals surface area (Å²) in [5.41, 5.74) is -0.534. The van der Waals surface area contributed by atoms with Gasteiger partial charge in [-0.1, -0.05) is 0 Å². The lowest BCUT2D eigenvalue weighted by molar-refractivity contribution is -0.143. The zero-order valence-corrected chi connectivity index (χ0v) is 11.2. The smallest absolute Gasteiger partial charge is 0.318 e. The highest BCUT2D eigenvalue weighted by Crippen LogP contribution is 2.28. The third-order valence-electron chi connectivity index (χ3n) is 3.06. The lowest BCUT2D eigenvalue weighted by Gasteiger charge is -2.19. The van der Waals surface area contributed by atoms with Gasteiger partial charge in [0.2, 0.25) is 0 Å². The Balaban J connectivity index is 1.99. The molecule has 0 radical (unpaired) electrons. The van der Waals surface area contributed by atoms with E-state index in [4.69, 9.17) is 9.26 Å². The number of nitrogens with zero attached hydrogens (tertiary/aromatic N) is 1. The van der Waals surface area contributed by atoms with E-state index in [-0.39, 0.29) is 11.8 Å². The summed E-state index contributed by atoms with van der Waals surface area (Å²) < 4.78 is 10.5. The van der Waals surface area contributed by atoms with Crippen molar-refractivity contribution < 1.29 is 14.1 Å². The molecule has 5 nitrogen and oxygen atoms in total. The van der Waals surface area contributed by atoms with Crippen LogP contribution in [0.25, 0.3) is 0 Å². The van der Waals surface area contributed by atoms with E-state index in [1.807, 2.05) is 20.8 Å². The molecule has 1 fully saturated rings. The van der Waals surface area contributed by atoms with Crippen LogP contribution in [0, 0.1) is 5.41 Å². The summed E-state index contributed by atoms with van der Waals surface area (Å²) in [6.07, 6.45) is 2.06. The van der Waals surface area contributed by atoms with Crippen molar-refractivity contribution in [2.75, 3.05) is 13.1 Å². The molecule has 0 saturated carbocycles. The normalized spacial score (nSPS) is 17.7. The fourth-order valence-corrected chi connectivity index (χ4v) is 1.87. The number of piperidine rings is 1. The first-order valence-electron chi connectivity index (χ1n) is 6.36. The van der Waals surface area contributed by atoms with Gasteiger partial charge in [0.25, 0.3) is 5.88 Å². The third kappa shape index (κ3) is 3.10. The average molecular weight is 252 g/mol. The summed E-state index contributed by atoms with van der Waals surface area (Å²) in [7, 11) is 0. The Morgan fingerprint density at radius 1 is 1.44 bits per heavy atom. The van der Waals surface area contributed by atoms with Crippen molar-refractivity contribution in [3.63, 3.8) is 0 Å². The molecular formula is C13H20N2O3. The highest BCUT2D eigenvalue weighted by molar-refractivity contribution is 5.77. The Labute approximate surface area is 107 Å². The van der Waals surface area contributed by atoms with Gasteiger partial charge in [-0.2, -0.15) is 0 Å². The van der Waals surface area contributed by atoms with Crippen LogP contribution in [-0.4, -0.2) is 24.2 Å². The third-order valence-corrected chi connectivity index (χ3v) is 3.06. The first kappa shape index (κ1) is 13.1. The molecule has 1 aliphatic heterocycles. The van der Waals surface area contributed by atoms with Crippen molar-refractivity contribution in [3.05, 3.63) is 11.8 Å². The van der Waals surface area contributed by atoms with E-state index in [0.717, 1.165) is 31.7 Å². The lowest BCUT2D eigenvalue weighted by Crippen LogP contribution is -2.26. The molecule has 1 aromatic heterocycles. The Hall–Kier alpha value is -1.36. The van der Waals surface area contributed by atoms with Crippen LogP contribution in [0.5, 0.6) is 5.88 Å². The monoisotopic (exact) mass is 252 g/mol. The van der Waals surface area contributed by atoms with Gasteiger partial charge in [0.15, 0.2) is 0 Å². The zero-order valence-electron chi connectivity index (χ0n) is 11.2. The molecule has 0 amide bonds. The van der Waals surface area contributed by atoms with Crippen LogP contribution in [0.2, 0.25) is 0 Å². The van der Waals surface area contributed by atoms with E-state index < -0.39 is 5.41 Å². The maximum Gasteiger partial charge on any atom is 0.318 e. The number of hydrogen-bond donors (Lipinski definition) is 1. The second kappa shape index (κ2) is 5.10. The summed E-state index contributed by atoms with van der Waals surface area (Å²) in [5, 5.41) is 7.10. The number of carbonyl (C=O) groups is 1. The highest BCUT2D eigenvalue weighted by Gasteiger charge is 2.26. The average Bonchev–Trinajstić information content (AvgIpc) is 2.77. The number of aromatic nitrogens is 1. The van der Waals surface area contributed by atoms with Crippen LogP contribution >= 0.6 is 0 Å². The van der Waals surface area contributed by atoms with Gasteiger partial charge in [0.1, 0.15) is 5.76 Å². The molecule has 2 rings (SSSR count). The van der Waals surface area contributed by atoms with Gasteiger partial charge < -0.3 is 14.6 Å². The van der Waals surface area contributed by atoms with E-state index in [2.05, 4.69) is 10.5 Å². The second-order valence-electron chi connectivity index (χ2n) is 5.73. The van der Waals surface area contributed by atoms with E-state index in [1.54, 1.807) is 6.07 Å². The minimum Gasteiger partial charge on any atom is -0.404 e. The van der Waals surface area contributed by atoms with Crippen molar-refractivity contribution in [2.24, 2.45) is 5.41 Å². The fraction of sp³-hybridized carbons (Fsp3) is 0.692. The van der Waals surface area contributed by atoms with Crippen LogP contribution < -0.4 is 10.1 Å². The number of rotatable bonds is 2. The van der Waals surface area contributed by atoms with E-state index in [0.29, 0.717) is 5.92 Å². The molecule has 1 aromatic rings. The SMILES string of the molecule is CC(C)(C)C(=O)Oc1cc(C2CCNCC2)on1. The molecule has 2 heterocycles. The molecule has 0 aromatic carbocycles. The Kier molecular flexibility index (Phi) is 3.71. The number of hydrogen-bond acceptors (Lipinski definition) is 5. The van der Waals surface area contributed by atoms with Crippen molar-refractivity contribution in [1.29, 1.82) is 0 Å². The number of nitrogens with one attached hydrogen (secondary N) is 1. The summed E-state index contributed by atoms with van der Waals surface area (Å²) in [6.45, 7) is 7.40. The first-order chi connectivity index (χ1) is 8.47. The van der Waals surface area contributed by atoms with Crippen LogP contribution in [0.3, 0.4) is 0 Å². The van der Waals surface area contributed by atoms with Crippen LogP contribution in [0.4, 0.5) is 0 Å². The van der Waals surface area contributed by atoms with Crippen molar-refractivity contribution in [2.45, 2.75) is 39.5 Å². The summed E-state index contributed by atoms with van der Waals surface area (Å²) in [4.78, 5) is 11.7. The Bertz CT molecular complexity index is 414. The molecule has 1 N–H and O–H groups in total. The number of esters is 1. The van der Waals surface area contributed by atoms with Crippen molar-refractivity contribution >= 4 is 5.97 Å². The predicted octanol–water partition coefficient (Wildman–Crippen LogP) is 2.09. The number of ether oxygens (including phenoxy) is 1.